The Hall–Kier alpha value is -4.13. The number of benzene rings is 3. The van der Waals surface area contributed by atoms with Gasteiger partial charge in [-0.1, -0.05) is 36.4 Å². The average Bonchev–Trinajstić information content (AvgIpc) is 3.06. The molecule has 1 heterocycles. The summed E-state index contributed by atoms with van der Waals surface area (Å²) in [5.74, 6) is -0.0502. The minimum absolute atomic E-state index is 0.0502. The molecule has 0 saturated heterocycles. The Morgan fingerprint density at radius 2 is 1.14 bits per heavy atom. The van der Waals surface area contributed by atoms with E-state index >= 15 is 0 Å². The second-order valence-corrected chi connectivity index (χ2v) is 6.26. The Labute approximate surface area is 167 Å². The number of azo groups is 2. The molecule has 142 valence electrons. The molecule has 4 rings (SSSR count). The highest BCUT2D eigenvalue weighted by molar-refractivity contribution is 5.55. The smallest absolute Gasteiger partial charge is 0.243 e. The summed E-state index contributed by atoms with van der Waals surface area (Å²) in [5, 5.41) is 31.6. The van der Waals surface area contributed by atoms with Crippen LogP contribution < -0.4 is 0 Å². The molecule has 0 radical (unpaired) electrons. The van der Waals surface area contributed by atoms with Gasteiger partial charge in [-0.25, -0.2) is 0 Å². The first-order valence-corrected chi connectivity index (χ1v) is 9.03. The summed E-state index contributed by atoms with van der Waals surface area (Å²) in [7, 11) is 0. The van der Waals surface area contributed by atoms with Crippen molar-refractivity contribution in [2.75, 3.05) is 0 Å². The molecule has 0 unspecified atom stereocenters. The van der Waals surface area contributed by atoms with Crippen LogP contribution in [0.5, 0.6) is 5.88 Å². The molecule has 29 heavy (non-hydrogen) atoms. The molecule has 4 aromatic rings. The summed E-state index contributed by atoms with van der Waals surface area (Å²) in [6, 6.07) is 26.1. The minimum Gasteiger partial charge on any atom is -0.492 e. The van der Waals surface area contributed by atoms with E-state index in [9.17, 15) is 5.11 Å². The monoisotopic (exact) mass is 382 g/mol. The molecule has 0 aliphatic carbocycles. The molecule has 0 aliphatic heterocycles. The summed E-state index contributed by atoms with van der Waals surface area (Å²) >= 11 is 0. The zero-order valence-electron chi connectivity index (χ0n) is 15.7. The lowest BCUT2D eigenvalue weighted by Crippen LogP contribution is -1.94. The van der Waals surface area contributed by atoms with Crippen LogP contribution in [-0.2, 0) is 0 Å². The van der Waals surface area contributed by atoms with E-state index in [1.165, 1.54) is 4.68 Å². The van der Waals surface area contributed by atoms with Gasteiger partial charge in [0.25, 0.3) is 0 Å². The number of aromatic nitrogens is 2. The third-order valence-electron chi connectivity index (χ3n) is 4.16. The molecule has 0 atom stereocenters. The highest BCUT2D eigenvalue weighted by Gasteiger charge is 2.15. The van der Waals surface area contributed by atoms with Crippen LogP contribution in [-0.4, -0.2) is 14.9 Å². The van der Waals surface area contributed by atoms with Gasteiger partial charge >= 0.3 is 0 Å². The number of para-hydroxylation sites is 1. The lowest BCUT2D eigenvalue weighted by atomic mass is 10.3. The van der Waals surface area contributed by atoms with E-state index in [1.54, 1.807) is 31.2 Å². The fourth-order valence-electron chi connectivity index (χ4n) is 2.68. The van der Waals surface area contributed by atoms with E-state index in [-0.39, 0.29) is 5.88 Å². The Kier molecular flexibility index (Phi) is 5.20. The quantitative estimate of drug-likeness (QED) is 0.388. The summed E-state index contributed by atoms with van der Waals surface area (Å²) in [6.45, 7) is 1.78. The molecule has 0 amide bonds. The van der Waals surface area contributed by atoms with E-state index in [1.807, 2.05) is 60.7 Å². The first kappa shape index (κ1) is 18.2. The van der Waals surface area contributed by atoms with Crippen molar-refractivity contribution in [2.24, 2.45) is 20.5 Å². The van der Waals surface area contributed by atoms with Gasteiger partial charge in [-0.15, -0.1) is 5.11 Å². The van der Waals surface area contributed by atoms with Crippen molar-refractivity contribution in [3.63, 3.8) is 0 Å². The molecule has 3 aromatic carbocycles. The van der Waals surface area contributed by atoms with Crippen molar-refractivity contribution in [2.45, 2.75) is 6.92 Å². The number of aryl methyl sites for hydroxylation is 1. The van der Waals surface area contributed by atoms with Crippen molar-refractivity contribution in [1.29, 1.82) is 0 Å². The standard InChI is InChI=1S/C22H18N6O/c1-16-21(22(29)28(27-16)20-10-6-3-7-11-20)26-25-19-14-12-18(13-15-19)24-23-17-8-4-2-5-9-17/h2-15,29H,1H3. The van der Waals surface area contributed by atoms with Crippen LogP contribution in [0.15, 0.2) is 105 Å². The number of nitrogens with zero attached hydrogens (tertiary/aromatic N) is 6. The second-order valence-electron chi connectivity index (χ2n) is 6.26. The van der Waals surface area contributed by atoms with Crippen LogP contribution in [0.3, 0.4) is 0 Å². The first-order valence-electron chi connectivity index (χ1n) is 9.03. The van der Waals surface area contributed by atoms with Crippen LogP contribution >= 0.6 is 0 Å². The number of rotatable bonds is 5. The summed E-state index contributed by atoms with van der Waals surface area (Å²) in [6.07, 6.45) is 0. The first-order chi connectivity index (χ1) is 14.2. The fraction of sp³-hybridized carbons (Fsp3) is 0.0455. The largest absolute Gasteiger partial charge is 0.492 e. The van der Waals surface area contributed by atoms with Crippen LogP contribution in [0, 0.1) is 6.92 Å². The second kappa shape index (κ2) is 8.26. The SMILES string of the molecule is Cc1nn(-c2ccccc2)c(O)c1N=Nc1ccc(N=Nc2ccccc2)cc1. The predicted octanol–water partition coefficient (Wildman–Crippen LogP) is 6.72. The van der Waals surface area contributed by atoms with Gasteiger partial charge in [0.1, 0.15) is 0 Å². The van der Waals surface area contributed by atoms with Crippen LogP contribution in [0.25, 0.3) is 5.69 Å². The van der Waals surface area contributed by atoms with Gasteiger partial charge in [0.05, 0.1) is 28.4 Å². The number of aromatic hydroxyl groups is 1. The third kappa shape index (κ3) is 4.24. The minimum atomic E-state index is -0.0502. The normalized spacial score (nSPS) is 11.5. The van der Waals surface area contributed by atoms with E-state index in [0.717, 1.165) is 11.4 Å². The Morgan fingerprint density at radius 1 is 0.655 bits per heavy atom. The van der Waals surface area contributed by atoms with Crippen molar-refractivity contribution < 1.29 is 5.11 Å². The molecule has 7 heteroatoms. The zero-order valence-corrected chi connectivity index (χ0v) is 15.7. The van der Waals surface area contributed by atoms with Crippen LogP contribution in [0.2, 0.25) is 0 Å². The zero-order chi connectivity index (χ0) is 20.1. The average molecular weight is 382 g/mol. The predicted molar refractivity (Wildman–Crippen MR) is 111 cm³/mol. The molecule has 0 saturated carbocycles. The van der Waals surface area contributed by atoms with Crippen LogP contribution in [0.1, 0.15) is 5.69 Å². The number of hydrogen-bond donors (Lipinski definition) is 1. The third-order valence-corrected chi connectivity index (χ3v) is 4.16. The van der Waals surface area contributed by atoms with Gasteiger partial charge in [0.2, 0.25) is 5.88 Å². The van der Waals surface area contributed by atoms with Crippen LogP contribution in [0.4, 0.5) is 22.7 Å². The van der Waals surface area contributed by atoms with E-state index < -0.39 is 0 Å². The van der Waals surface area contributed by atoms with Gasteiger partial charge in [-0.2, -0.15) is 25.1 Å². The van der Waals surface area contributed by atoms with Gasteiger partial charge in [0, 0.05) is 0 Å². The van der Waals surface area contributed by atoms with Gasteiger partial charge in [-0.3, -0.25) is 0 Å². The number of hydrogen-bond acceptors (Lipinski definition) is 6. The summed E-state index contributed by atoms with van der Waals surface area (Å²) < 4.78 is 1.44. The Bertz CT molecular complexity index is 1150. The van der Waals surface area contributed by atoms with Crippen molar-refractivity contribution in [1.82, 2.24) is 9.78 Å². The summed E-state index contributed by atoms with van der Waals surface area (Å²) in [4.78, 5) is 0. The maximum atomic E-state index is 10.5. The maximum Gasteiger partial charge on any atom is 0.243 e. The molecule has 0 bridgehead atoms. The topological polar surface area (TPSA) is 87.5 Å². The molecular weight excluding hydrogens is 364 g/mol. The van der Waals surface area contributed by atoms with E-state index in [2.05, 4.69) is 25.6 Å². The maximum absolute atomic E-state index is 10.5. The lowest BCUT2D eigenvalue weighted by Gasteiger charge is -2.01. The molecule has 0 spiro atoms. The Morgan fingerprint density at radius 3 is 1.72 bits per heavy atom. The molecule has 0 fully saturated rings. The molecule has 7 nitrogen and oxygen atoms in total. The lowest BCUT2D eigenvalue weighted by molar-refractivity contribution is 0.434. The molecular formula is C22H18N6O. The van der Waals surface area contributed by atoms with E-state index in [4.69, 9.17) is 0 Å². The highest BCUT2D eigenvalue weighted by atomic mass is 16.3. The van der Waals surface area contributed by atoms with Gasteiger partial charge in [0.15, 0.2) is 5.69 Å². The summed E-state index contributed by atoms with van der Waals surface area (Å²) in [5.41, 5.74) is 3.81. The van der Waals surface area contributed by atoms with Crippen molar-refractivity contribution in [3.05, 3.63) is 90.6 Å². The fourth-order valence-corrected chi connectivity index (χ4v) is 2.68. The molecule has 0 aliphatic rings. The van der Waals surface area contributed by atoms with Gasteiger partial charge < -0.3 is 5.11 Å². The Balaban J connectivity index is 1.51. The highest BCUT2D eigenvalue weighted by Crippen LogP contribution is 2.33. The molecule has 1 aromatic heterocycles. The molecule has 1 N–H and O–H groups in total. The van der Waals surface area contributed by atoms with Gasteiger partial charge in [-0.05, 0) is 55.5 Å². The van der Waals surface area contributed by atoms with E-state index in [0.29, 0.717) is 22.8 Å². The van der Waals surface area contributed by atoms with Crippen molar-refractivity contribution in [3.8, 4) is 11.6 Å². The van der Waals surface area contributed by atoms with Crippen molar-refractivity contribution >= 4 is 22.7 Å².